The Hall–Kier alpha value is -2.94. The maximum absolute atomic E-state index is 12.9. The van der Waals surface area contributed by atoms with E-state index in [4.69, 9.17) is 9.26 Å². The minimum atomic E-state index is -0.333. The quantitative estimate of drug-likeness (QED) is 0.583. The molecule has 9 heteroatoms. The van der Waals surface area contributed by atoms with Gasteiger partial charge < -0.3 is 19.5 Å². The molecule has 0 unspecified atom stereocenters. The topological polar surface area (TPSA) is 80.5 Å². The van der Waals surface area contributed by atoms with Crippen LogP contribution >= 0.6 is 15.9 Å². The van der Waals surface area contributed by atoms with Gasteiger partial charge in [0.05, 0.1) is 0 Å². The molecule has 3 rings (SSSR count). The third-order valence-electron chi connectivity index (χ3n) is 3.80. The van der Waals surface area contributed by atoms with E-state index in [0.29, 0.717) is 36.1 Å². The number of nitrogens with zero attached hydrogens (tertiary/aromatic N) is 3. The van der Waals surface area contributed by atoms with Crippen LogP contribution in [0.15, 0.2) is 57.5 Å². The van der Waals surface area contributed by atoms with Crippen LogP contribution in [0.3, 0.4) is 0 Å². The van der Waals surface area contributed by atoms with E-state index in [-0.39, 0.29) is 18.5 Å². The molecule has 0 aliphatic heterocycles. The second-order valence-electron chi connectivity index (χ2n) is 5.96. The highest BCUT2D eigenvalue weighted by atomic mass is 79.9. The number of likely N-dealkylation sites (N-methyl/N-ethyl adjacent to an activating group) is 1. The van der Waals surface area contributed by atoms with E-state index < -0.39 is 0 Å². The van der Waals surface area contributed by atoms with Gasteiger partial charge in [-0.25, -0.2) is 9.18 Å². The molecule has 0 atom stereocenters. The maximum atomic E-state index is 12.9. The Bertz CT molecular complexity index is 916. The van der Waals surface area contributed by atoms with Crippen LogP contribution in [0.2, 0.25) is 0 Å². The summed E-state index contributed by atoms with van der Waals surface area (Å²) in [5.74, 6) is 0.952. The summed E-state index contributed by atoms with van der Waals surface area (Å²) in [6.45, 7) is 0.499. The monoisotopic (exact) mass is 448 g/mol. The lowest BCUT2D eigenvalue weighted by molar-refractivity contribution is 0.222. The lowest BCUT2D eigenvalue weighted by Crippen LogP contribution is -2.33. The molecular formula is C19H18BrFN4O3. The Kier molecular flexibility index (Phi) is 6.59. The van der Waals surface area contributed by atoms with Gasteiger partial charge >= 0.3 is 6.03 Å². The largest absolute Gasteiger partial charge is 0.484 e. The second kappa shape index (κ2) is 9.32. The Labute approximate surface area is 169 Å². The number of aromatic nitrogens is 2. The van der Waals surface area contributed by atoms with Gasteiger partial charge in [0.1, 0.15) is 11.6 Å². The van der Waals surface area contributed by atoms with Crippen LogP contribution in [0.5, 0.6) is 5.75 Å². The van der Waals surface area contributed by atoms with Gasteiger partial charge in [-0.2, -0.15) is 4.98 Å². The summed E-state index contributed by atoms with van der Waals surface area (Å²) in [6, 6.07) is 12.7. The molecule has 0 bridgehead atoms. The normalized spacial score (nSPS) is 10.5. The molecule has 2 amide bonds. The van der Waals surface area contributed by atoms with Gasteiger partial charge in [0.25, 0.3) is 5.89 Å². The van der Waals surface area contributed by atoms with E-state index in [0.717, 1.165) is 4.47 Å². The molecule has 1 N–H and O–H groups in total. The lowest BCUT2D eigenvalue weighted by Gasteiger charge is -2.17. The molecule has 7 nitrogen and oxygen atoms in total. The van der Waals surface area contributed by atoms with Crippen molar-refractivity contribution in [2.75, 3.05) is 18.9 Å². The fraction of sp³-hybridized carbons (Fsp3) is 0.211. The summed E-state index contributed by atoms with van der Waals surface area (Å²) in [7, 11) is 1.69. The molecule has 0 saturated heterocycles. The highest BCUT2D eigenvalue weighted by molar-refractivity contribution is 9.10. The molecule has 3 aromatic rings. The summed E-state index contributed by atoms with van der Waals surface area (Å²) >= 11 is 3.35. The number of rotatable bonds is 7. The molecule has 146 valence electrons. The summed E-state index contributed by atoms with van der Waals surface area (Å²) in [5, 5.41) is 6.69. The lowest BCUT2D eigenvalue weighted by atomic mass is 10.3. The van der Waals surface area contributed by atoms with Gasteiger partial charge in [-0.1, -0.05) is 21.1 Å². The van der Waals surface area contributed by atoms with Crippen molar-refractivity contribution >= 4 is 27.6 Å². The van der Waals surface area contributed by atoms with E-state index in [1.165, 1.54) is 29.2 Å². The predicted octanol–water partition coefficient (Wildman–Crippen LogP) is 4.26. The van der Waals surface area contributed by atoms with Crippen LogP contribution in [-0.2, 0) is 13.0 Å². The van der Waals surface area contributed by atoms with Crippen molar-refractivity contribution in [2.45, 2.75) is 13.0 Å². The first kappa shape index (κ1) is 19.8. The molecular weight excluding hydrogens is 431 g/mol. The van der Waals surface area contributed by atoms with E-state index in [1.54, 1.807) is 7.05 Å². The minimum Gasteiger partial charge on any atom is -0.484 e. The van der Waals surface area contributed by atoms with Crippen molar-refractivity contribution in [3.8, 4) is 5.75 Å². The molecule has 0 aliphatic rings. The summed E-state index contributed by atoms with van der Waals surface area (Å²) < 4.78 is 24.4. The van der Waals surface area contributed by atoms with E-state index in [9.17, 15) is 9.18 Å². The Morgan fingerprint density at radius 1 is 1.21 bits per heavy atom. The van der Waals surface area contributed by atoms with E-state index >= 15 is 0 Å². The Morgan fingerprint density at radius 3 is 2.64 bits per heavy atom. The van der Waals surface area contributed by atoms with Crippen LogP contribution in [-0.4, -0.2) is 34.7 Å². The number of ether oxygens (including phenoxy) is 1. The third-order valence-corrected chi connectivity index (χ3v) is 4.33. The van der Waals surface area contributed by atoms with Gasteiger partial charge in [0.15, 0.2) is 12.4 Å². The van der Waals surface area contributed by atoms with Gasteiger partial charge in [0.2, 0.25) is 0 Å². The average Bonchev–Trinajstić information content (AvgIpc) is 3.15. The van der Waals surface area contributed by atoms with Crippen molar-refractivity contribution in [3.63, 3.8) is 0 Å². The number of halogens is 2. The SMILES string of the molecule is CN(CCc1noc(COc2ccc(F)cc2)n1)C(=O)Nc1ccc(Br)cc1. The minimum absolute atomic E-state index is 0.0819. The molecule has 0 radical (unpaired) electrons. The number of nitrogens with one attached hydrogen (secondary N) is 1. The highest BCUT2D eigenvalue weighted by Gasteiger charge is 2.12. The fourth-order valence-electron chi connectivity index (χ4n) is 2.25. The van der Waals surface area contributed by atoms with Crippen molar-refractivity contribution in [3.05, 3.63) is 70.5 Å². The van der Waals surface area contributed by atoms with Crippen LogP contribution in [0.4, 0.5) is 14.9 Å². The maximum Gasteiger partial charge on any atom is 0.321 e. The number of anilines is 1. The Morgan fingerprint density at radius 2 is 1.93 bits per heavy atom. The number of urea groups is 1. The van der Waals surface area contributed by atoms with Crippen molar-refractivity contribution in [1.29, 1.82) is 0 Å². The van der Waals surface area contributed by atoms with Crippen molar-refractivity contribution in [1.82, 2.24) is 15.0 Å². The summed E-state index contributed by atoms with van der Waals surface area (Å²) in [4.78, 5) is 18.0. The first-order valence-corrected chi connectivity index (χ1v) is 9.26. The van der Waals surface area contributed by atoms with Crippen molar-refractivity contribution in [2.24, 2.45) is 0 Å². The van der Waals surface area contributed by atoms with E-state index in [2.05, 4.69) is 31.4 Å². The average molecular weight is 449 g/mol. The first-order chi connectivity index (χ1) is 13.5. The van der Waals surface area contributed by atoms with Gasteiger partial charge in [-0.05, 0) is 48.5 Å². The molecule has 0 aliphatic carbocycles. The number of hydrogen-bond acceptors (Lipinski definition) is 5. The third kappa shape index (κ3) is 5.78. The molecule has 1 heterocycles. The molecule has 28 heavy (non-hydrogen) atoms. The molecule has 0 saturated carbocycles. The highest BCUT2D eigenvalue weighted by Crippen LogP contribution is 2.15. The zero-order valence-electron chi connectivity index (χ0n) is 15.1. The van der Waals surface area contributed by atoms with Crippen molar-refractivity contribution < 1.29 is 18.4 Å². The fourth-order valence-corrected chi connectivity index (χ4v) is 2.51. The Balaban J connectivity index is 1.44. The first-order valence-electron chi connectivity index (χ1n) is 8.47. The van der Waals surface area contributed by atoms with Crippen LogP contribution in [0, 0.1) is 5.82 Å². The zero-order chi connectivity index (χ0) is 19.9. The number of carbonyl (C=O) groups excluding carboxylic acids is 1. The van der Waals surface area contributed by atoms with Gasteiger partial charge in [-0.15, -0.1) is 0 Å². The van der Waals surface area contributed by atoms with Crippen LogP contribution in [0.25, 0.3) is 0 Å². The van der Waals surface area contributed by atoms with Crippen LogP contribution in [0.1, 0.15) is 11.7 Å². The molecule has 2 aromatic carbocycles. The van der Waals surface area contributed by atoms with E-state index in [1.807, 2.05) is 24.3 Å². The molecule has 0 spiro atoms. The number of hydrogen-bond donors (Lipinski definition) is 1. The predicted molar refractivity (Wildman–Crippen MR) is 105 cm³/mol. The van der Waals surface area contributed by atoms with Gasteiger partial charge in [-0.3, -0.25) is 0 Å². The van der Waals surface area contributed by atoms with Crippen LogP contribution < -0.4 is 10.1 Å². The zero-order valence-corrected chi connectivity index (χ0v) is 16.6. The molecule has 0 fully saturated rings. The summed E-state index contributed by atoms with van der Waals surface area (Å²) in [6.07, 6.45) is 0.435. The molecule has 1 aromatic heterocycles. The number of amides is 2. The smallest absolute Gasteiger partial charge is 0.321 e. The van der Waals surface area contributed by atoms with Gasteiger partial charge in [0, 0.05) is 30.2 Å². The summed E-state index contributed by atoms with van der Waals surface area (Å²) in [5.41, 5.74) is 0.708. The number of carbonyl (C=O) groups is 1. The second-order valence-corrected chi connectivity index (χ2v) is 6.87. The number of benzene rings is 2. The standard InChI is InChI=1S/C19H18BrFN4O3/c1-25(19(26)22-15-6-2-13(20)3-7-15)11-10-17-23-18(28-24-17)12-27-16-8-4-14(21)5-9-16/h2-9H,10-12H2,1H3,(H,22,26).